The van der Waals surface area contributed by atoms with E-state index in [0.717, 1.165) is 0 Å². The molecule has 2 N–H and O–H groups in total. The second-order valence-corrected chi connectivity index (χ2v) is 4.43. The molecular formula is C13H8ClFN4O. The van der Waals surface area contributed by atoms with Gasteiger partial charge in [-0.1, -0.05) is 16.8 Å². The van der Waals surface area contributed by atoms with Crippen LogP contribution in [0.3, 0.4) is 0 Å². The van der Waals surface area contributed by atoms with Crippen LogP contribution in [0.4, 0.5) is 10.3 Å². The van der Waals surface area contributed by atoms with Gasteiger partial charge in [-0.25, -0.2) is 14.4 Å². The summed E-state index contributed by atoms with van der Waals surface area (Å²) in [6.45, 7) is 0. The third kappa shape index (κ3) is 2.10. The van der Waals surface area contributed by atoms with Crippen molar-refractivity contribution >= 4 is 17.5 Å². The molecule has 100 valence electrons. The quantitative estimate of drug-likeness (QED) is 0.784. The first-order valence-electron chi connectivity index (χ1n) is 5.64. The van der Waals surface area contributed by atoms with E-state index in [1.54, 1.807) is 18.3 Å². The van der Waals surface area contributed by atoms with Crippen LogP contribution < -0.4 is 5.73 Å². The lowest BCUT2D eigenvalue weighted by molar-refractivity contribution is 0.439. The monoisotopic (exact) mass is 290 g/mol. The molecular weight excluding hydrogens is 283 g/mol. The van der Waals surface area contributed by atoms with Crippen LogP contribution in [0.25, 0.3) is 22.5 Å². The largest absolute Gasteiger partial charge is 0.367 e. The van der Waals surface area contributed by atoms with E-state index in [4.69, 9.17) is 21.9 Å². The Hall–Kier alpha value is -2.47. The summed E-state index contributed by atoms with van der Waals surface area (Å²) < 4.78 is 19.0. The van der Waals surface area contributed by atoms with Gasteiger partial charge in [0.05, 0.1) is 11.3 Å². The molecule has 0 saturated heterocycles. The van der Waals surface area contributed by atoms with Crippen LogP contribution in [0, 0.1) is 5.82 Å². The van der Waals surface area contributed by atoms with Crippen LogP contribution in [-0.2, 0) is 0 Å². The molecule has 2 heterocycles. The number of anilines is 1. The number of halogens is 2. The van der Waals surface area contributed by atoms with Crippen molar-refractivity contribution in [3.63, 3.8) is 0 Å². The molecule has 3 aromatic rings. The summed E-state index contributed by atoms with van der Waals surface area (Å²) >= 11 is 5.74. The average Bonchev–Trinajstić information content (AvgIpc) is 2.81. The second kappa shape index (κ2) is 4.90. The van der Waals surface area contributed by atoms with Gasteiger partial charge in [0.15, 0.2) is 0 Å². The maximum absolute atomic E-state index is 14.0. The van der Waals surface area contributed by atoms with Crippen LogP contribution in [0.5, 0.6) is 0 Å². The number of aromatic nitrogens is 3. The molecule has 0 amide bonds. The SMILES string of the molecule is Nc1onc(-c2ccc(Cl)cc2F)c1-c1ccncn1. The topological polar surface area (TPSA) is 77.8 Å². The zero-order valence-corrected chi connectivity index (χ0v) is 10.8. The van der Waals surface area contributed by atoms with Gasteiger partial charge >= 0.3 is 0 Å². The Morgan fingerprint density at radius 3 is 2.80 bits per heavy atom. The fourth-order valence-electron chi connectivity index (χ4n) is 1.85. The van der Waals surface area contributed by atoms with Crippen molar-refractivity contribution in [1.29, 1.82) is 0 Å². The first-order valence-corrected chi connectivity index (χ1v) is 6.01. The first kappa shape index (κ1) is 12.6. The van der Waals surface area contributed by atoms with Gasteiger partial charge in [-0.05, 0) is 24.3 Å². The molecule has 0 fully saturated rings. The second-order valence-electron chi connectivity index (χ2n) is 3.99. The Kier molecular flexibility index (Phi) is 3.08. The summed E-state index contributed by atoms with van der Waals surface area (Å²) in [6, 6.07) is 5.92. The maximum atomic E-state index is 14.0. The Bertz CT molecular complexity index is 760. The minimum atomic E-state index is -0.513. The molecule has 0 unspecified atom stereocenters. The summed E-state index contributed by atoms with van der Waals surface area (Å²) in [5.41, 5.74) is 7.19. The van der Waals surface area contributed by atoms with Crippen molar-refractivity contribution in [2.45, 2.75) is 0 Å². The third-order valence-corrected chi connectivity index (χ3v) is 2.98. The Morgan fingerprint density at radius 2 is 2.10 bits per heavy atom. The number of hydrogen-bond donors (Lipinski definition) is 1. The third-order valence-electron chi connectivity index (χ3n) is 2.74. The van der Waals surface area contributed by atoms with Gasteiger partial charge in [0.2, 0.25) is 5.88 Å². The van der Waals surface area contributed by atoms with Crippen molar-refractivity contribution in [2.75, 3.05) is 5.73 Å². The van der Waals surface area contributed by atoms with E-state index in [1.165, 1.54) is 18.5 Å². The molecule has 0 aliphatic rings. The standard InChI is InChI=1S/C13H8ClFN4O/c14-7-1-2-8(9(15)5-7)12-11(13(16)20-19-12)10-3-4-17-6-18-10/h1-6H,16H2. The highest BCUT2D eigenvalue weighted by atomic mass is 35.5. The van der Waals surface area contributed by atoms with Crippen molar-refractivity contribution < 1.29 is 8.91 Å². The molecule has 20 heavy (non-hydrogen) atoms. The zero-order valence-electron chi connectivity index (χ0n) is 10.0. The van der Waals surface area contributed by atoms with Gasteiger partial charge in [-0.3, -0.25) is 0 Å². The van der Waals surface area contributed by atoms with E-state index in [9.17, 15) is 4.39 Å². The summed E-state index contributed by atoms with van der Waals surface area (Å²) in [7, 11) is 0. The smallest absolute Gasteiger partial charge is 0.232 e. The van der Waals surface area contributed by atoms with Gasteiger partial charge in [-0.2, -0.15) is 0 Å². The van der Waals surface area contributed by atoms with Crippen molar-refractivity contribution in [1.82, 2.24) is 15.1 Å². The molecule has 1 aromatic carbocycles. The van der Waals surface area contributed by atoms with E-state index >= 15 is 0 Å². The highest BCUT2D eigenvalue weighted by Gasteiger charge is 2.20. The molecule has 5 nitrogen and oxygen atoms in total. The summed E-state index contributed by atoms with van der Waals surface area (Å²) in [6.07, 6.45) is 2.92. The molecule has 0 saturated carbocycles. The van der Waals surface area contributed by atoms with Crippen LogP contribution in [0.15, 0.2) is 41.3 Å². The molecule has 3 rings (SSSR count). The Balaban J connectivity index is 2.21. The van der Waals surface area contributed by atoms with Gasteiger partial charge < -0.3 is 10.3 Å². The van der Waals surface area contributed by atoms with Crippen LogP contribution >= 0.6 is 11.6 Å². The lowest BCUT2D eigenvalue weighted by Crippen LogP contribution is -1.92. The molecule has 0 aliphatic carbocycles. The van der Waals surface area contributed by atoms with Gasteiger partial charge in [0, 0.05) is 16.8 Å². The van der Waals surface area contributed by atoms with E-state index < -0.39 is 5.82 Å². The van der Waals surface area contributed by atoms with E-state index in [2.05, 4.69) is 15.1 Å². The number of benzene rings is 1. The lowest BCUT2D eigenvalue weighted by Gasteiger charge is -2.03. The fraction of sp³-hybridized carbons (Fsp3) is 0. The summed E-state index contributed by atoms with van der Waals surface area (Å²) in [4.78, 5) is 7.90. The number of nitrogen functional groups attached to an aromatic ring is 1. The number of nitrogens with zero attached hydrogens (tertiary/aromatic N) is 3. The summed E-state index contributed by atoms with van der Waals surface area (Å²) in [5, 5.41) is 4.11. The number of nitrogens with two attached hydrogens (primary N) is 1. The van der Waals surface area contributed by atoms with Crippen molar-refractivity contribution in [2.24, 2.45) is 0 Å². The normalized spacial score (nSPS) is 10.7. The van der Waals surface area contributed by atoms with Gasteiger partial charge in [-0.15, -0.1) is 0 Å². The Morgan fingerprint density at radius 1 is 1.25 bits per heavy atom. The molecule has 0 aliphatic heterocycles. The predicted octanol–water partition coefficient (Wildman–Crippen LogP) is 3.17. The van der Waals surface area contributed by atoms with Crippen molar-refractivity contribution in [3.8, 4) is 22.5 Å². The van der Waals surface area contributed by atoms with Gasteiger partial charge in [0.1, 0.15) is 17.8 Å². The lowest BCUT2D eigenvalue weighted by atomic mass is 10.0. The molecule has 0 atom stereocenters. The minimum absolute atomic E-state index is 0.0630. The van der Waals surface area contributed by atoms with E-state index in [-0.39, 0.29) is 17.1 Å². The molecule has 2 aromatic heterocycles. The highest BCUT2D eigenvalue weighted by molar-refractivity contribution is 6.30. The summed E-state index contributed by atoms with van der Waals surface area (Å²) in [5.74, 6) is -0.450. The molecule has 0 bridgehead atoms. The predicted molar refractivity (Wildman–Crippen MR) is 72.3 cm³/mol. The fourth-order valence-corrected chi connectivity index (χ4v) is 2.01. The highest BCUT2D eigenvalue weighted by Crippen LogP contribution is 2.36. The first-order chi connectivity index (χ1) is 9.66. The van der Waals surface area contributed by atoms with Crippen LogP contribution in [0.2, 0.25) is 5.02 Å². The van der Waals surface area contributed by atoms with E-state index in [0.29, 0.717) is 16.3 Å². The molecule has 0 spiro atoms. The zero-order chi connectivity index (χ0) is 14.1. The average molecular weight is 291 g/mol. The van der Waals surface area contributed by atoms with Crippen molar-refractivity contribution in [3.05, 3.63) is 47.6 Å². The van der Waals surface area contributed by atoms with Crippen LogP contribution in [0.1, 0.15) is 0 Å². The van der Waals surface area contributed by atoms with Crippen LogP contribution in [-0.4, -0.2) is 15.1 Å². The van der Waals surface area contributed by atoms with E-state index in [1.807, 2.05) is 0 Å². The minimum Gasteiger partial charge on any atom is -0.367 e. The maximum Gasteiger partial charge on any atom is 0.232 e. The molecule has 0 radical (unpaired) electrons. The number of rotatable bonds is 2. The Labute approximate surface area is 118 Å². The number of hydrogen-bond acceptors (Lipinski definition) is 5. The molecule has 7 heteroatoms. The van der Waals surface area contributed by atoms with Gasteiger partial charge in [0.25, 0.3) is 0 Å².